The van der Waals surface area contributed by atoms with Crippen LogP contribution in [0.3, 0.4) is 0 Å². The Morgan fingerprint density at radius 2 is 2.00 bits per heavy atom. The zero-order valence-electron chi connectivity index (χ0n) is 18.9. The highest BCUT2D eigenvalue weighted by Crippen LogP contribution is 2.39. The number of aromatic amines is 1. The molecule has 3 aliphatic rings. The fourth-order valence-corrected chi connectivity index (χ4v) is 5.39. The summed E-state index contributed by atoms with van der Waals surface area (Å²) in [7, 11) is 1.89. The molecular formula is C23H31N9O. The number of nitrogens with one attached hydrogen (secondary N) is 3. The highest BCUT2D eigenvalue weighted by atomic mass is 16.5. The summed E-state index contributed by atoms with van der Waals surface area (Å²) < 4.78 is 7.28. The van der Waals surface area contributed by atoms with E-state index in [9.17, 15) is 0 Å². The van der Waals surface area contributed by atoms with Gasteiger partial charge in [0.05, 0.1) is 36.2 Å². The van der Waals surface area contributed by atoms with Crippen molar-refractivity contribution in [2.24, 2.45) is 12.8 Å². The molecule has 10 nitrogen and oxygen atoms in total. The van der Waals surface area contributed by atoms with Gasteiger partial charge in [-0.25, -0.2) is 9.97 Å². The molecule has 33 heavy (non-hydrogen) atoms. The lowest BCUT2D eigenvalue weighted by Crippen LogP contribution is -2.46. The average molecular weight is 450 g/mol. The molecule has 3 aromatic heterocycles. The van der Waals surface area contributed by atoms with E-state index < -0.39 is 5.66 Å². The van der Waals surface area contributed by atoms with E-state index in [-0.39, 0.29) is 0 Å². The first-order chi connectivity index (χ1) is 16.1. The molecule has 1 unspecified atom stereocenters. The number of anilines is 2. The number of ether oxygens (including phenoxy) is 1. The van der Waals surface area contributed by atoms with E-state index in [1.54, 1.807) is 17.2 Å². The van der Waals surface area contributed by atoms with Gasteiger partial charge in [0.25, 0.3) is 0 Å². The zero-order valence-corrected chi connectivity index (χ0v) is 18.9. The van der Waals surface area contributed by atoms with Gasteiger partial charge in [-0.3, -0.25) is 9.58 Å². The monoisotopic (exact) mass is 449 g/mol. The Bertz CT molecular complexity index is 1170. The van der Waals surface area contributed by atoms with Gasteiger partial charge < -0.3 is 26.1 Å². The van der Waals surface area contributed by atoms with Crippen molar-refractivity contribution in [2.75, 3.05) is 36.9 Å². The number of nitrogens with zero attached hydrogens (tertiary/aromatic N) is 5. The lowest BCUT2D eigenvalue weighted by Gasteiger charge is -2.39. The number of nitrogens with two attached hydrogens (primary N) is 1. The Balaban J connectivity index is 1.23. The van der Waals surface area contributed by atoms with E-state index in [0.29, 0.717) is 12.1 Å². The van der Waals surface area contributed by atoms with E-state index >= 15 is 0 Å². The van der Waals surface area contributed by atoms with Crippen LogP contribution in [0.25, 0.3) is 17.1 Å². The molecule has 10 heteroatoms. The van der Waals surface area contributed by atoms with Crippen molar-refractivity contribution >= 4 is 28.6 Å². The van der Waals surface area contributed by atoms with Crippen molar-refractivity contribution in [3.63, 3.8) is 0 Å². The molecule has 5 N–H and O–H groups in total. The van der Waals surface area contributed by atoms with Gasteiger partial charge in [0.1, 0.15) is 23.5 Å². The number of H-pyrrole nitrogens is 1. The Labute approximate surface area is 192 Å². The second-order valence-corrected chi connectivity index (χ2v) is 9.39. The average Bonchev–Trinajstić information content (AvgIpc) is 3.44. The van der Waals surface area contributed by atoms with Gasteiger partial charge in [0, 0.05) is 44.0 Å². The van der Waals surface area contributed by atoms with E-state index in [0.717, 1.165) is 72.9 Å². The van der Waals surface area contributed by atoms with Crippen LogP contribution in [-0.4, -0.2) is 68.0 Å². The molecular weight excluding hydrogens is 418 g/mol. The lowest BCUT2D eigenvalue weighted by atomic mass is 9.90. The quantitative estimate of drug-likeness (QED) is 0.477. The van der Waals surface area contributed by atoms with Crippen LogP contribution in [0.5, 0.6) is 0 Å². The minimum absolute atomic E-state index is 0.394. The van der Waals surface area contributed by atoms with E-state index in [4.69, 9.17) is 10.5 Å². The molecule has 0 bridgehead atoms. The first kappa shape index (κ1) is 20.6. The Morgan fingerprint density at radius 1 is 1.18 bits per heavy atom. The molecule has 1 saturated heterocycles. The summed E-state index contributed by atoms with van der Waals surface area (Å²) in [6, 6.07) is 1.06. The molecule has 2 fully saturated rings. The van der Waals surface area contributed by atoms with Crippen LogP contribution in [0, 0.1) is 0 Å². The summed E-state index contributed by atoms with van der Waals surface area (Å²) in [6.45, 7) is 3.83. The predicted octanol–water partition coefficient (Wildman–Crippen LogP) is 2.00. The van der Waals surface area contributed by atoms with Crippen molar-refractivity contribution in [2.45, 2.75) is 43.4 Å². The number of hydrogen-bond donors (Lipinski definition) is 4. The van der Waals surface area contributed by atoms with Gasteiger partial charge >= 0.3 is 0 Å². The molecule has 1 saturated carbocycles. The maximum absolute atomic E-state index is 6.74. The molecule has 2 aliphatic heterocycles. The third-order valence-electron chi connectivity index (χ3n) is 7.25. The molecule has 174 valence electrons. The van der Waals surface area contributed by atoms with E-state index in [1.807, 2.05) is 25.4 Å². The van der Waals surface area contributed by atoms with Gasteiger partial charge in [-0.2, -0.15) is 5.10 Å². The molecule has 5 heterocycles. The maximum Gasteiger partial charge on any atom is 0.145 e. The minimum Gasteiger partial charge on any atom is -0.379 e. The van der Waals surface area contributed by atoms with Crippen molar-refractivity contribution in [3.05, 3.63) is 36.1 Å². The smallest absolute Gasteiger partial charge is 0.145 e. The Morgan fingerprint density at radius 3 is 2.76 bits per heavy atom. The molecule has 0 radical (unpaired) electrons. The summed E-state index contributed by atoms with van der Waals surface area (Å²) in [5, 5.41) is 12.5. The van der Waals surface area contributed by atoms with Gasteiger partial charge in [-0.1, -0.05) is 0 Å². The lowest BCUT2D eigenvalue weighted by molar-refractivity contribution is 0.00791. The SMILES string of the molecule is Cn1cc(C2(N)C=Cc3[nH]c4ncnc(NC5CCC(N6CCOCC6)CC5)c4c3N2)cn1. The van der Waals surface area contributed by atoms with Crippen LogP contribution < -0.4 is 16.4 Å². The van der Waals surface area contributed by atoms with Crippen molar-refractivity contribution < 1.29 is 4.74 Å². The highest BCUT2D eigenvalue weighted by Gasteiger charge is 2.33. The fourth-order valence-electron chi connectivity index (χ4n) is 5.39. The molecule has 0 spiro atoms. The van der Waals surface area contributed by atoms with Gasteiger partial charge in [0.15, 0.2) is 0 Å². The normalized spacial score (nSPS) is 27.9. The molecule has 0 amide bonds. The number of aryl methyl sites for hydroxylation is 1. The van der Waals surface area contributed by atoms with Crippen LogP contribution in [0.15, 0.2) is 24.8 Å². The number of rotatable bonds is 4. The molecule has 6 rings (SSSR count). The zero-order chi connectivity index (χ0) is 22.4. The second kappa shape index (κ2) is 8.12. The van der Waals surface area contributed by atoms with Crippen LogP contribution >= 0.6 is 0 Å². The number of fused-ring (bicyclic) bond motifs is 3. The first-order valence-electron chi connectivity index (χ1n) is 11.8. The summed E-state index contributed by atoms with van der Waals surface area (Å²) in [5.74, 6) is 0.851. The third kappa shape index (κ3) is 3.77. The van der Waals surface area contributed by atoms with Crippen LogP contribution in [0.2, 0.25) is 0 Å². The van der Waals surface area contributed by atoms with Crippen LogP contribution in [0.1, 0.15) is 36.9 Å². The maximum atomic E-state index is 6.74. The standard InChI is InChI=1S/C23H31N9O/c1-31-13-15(12-27-31)23(24)7-6-18-20(30-23)19-21(25-14-26-22(19)29-18)28-16-2-4-17(5-3-16)32-8-10-33-11-9-32/h6-7,12-14,16-17,30H,2-5,8-11,24H2,1H3,(H2,25,26,28,29). The van der Waals surface area contributed by atoms with Gasteiger partial charge in [-0.05, 0) is 37.8 Å². The minimum atomic E-state index is -0.848. The second-order valence-electron chi connectivity index (χ2n) is 9.39. The van der Waals surface area contributed by atoms with Crippen molar-refractivity contribution in [3.8, 4) is 0 Å². The van der Waals surface area contributed by atoms with Crippen molar-refractivity contribution in [1.29, 1.82) is 0 Å². The first-order valence-corrected chi connectivity index (χ1v) is 11.8. The largest absolute Gasteiger partial charge is 0.379 e. The number of hydrogen-bond acceptors (Lipinski definition) is 8. The topological polar surface area (TPSA) is 122 Å². The number of morpholine rings is 1. The van der Waals surface area contributed by atoms with Crippen LogP contribution in [0.4, 0.5) is 11.5 Å². The summed E-state index contributed by atoms with van der Waals surface area (Å²) >= 11 is 0. The van der Waals surface area contributed by atoms with Crippen molar-refractivity contribution in [1.82, 2.24) is 29.6 Å². The molecule has 0 aromatic carbocycles. The molecule has 1 atom stereocenters. The van der Waals surface area contributed by atoms with E-state index in [2.05, 4.69) is 35.6 Å². The van der Waals surface area contributed by atoms with Gasteiger partial charge in [-0.15, -0.1) is 0 Å². The van der Waals surface area contributed by atoms with Gasteiger partial charge in [0.2, 0.25) is 0 Å². The van der Waals surface area contributed by atoms with E-state index in [1.165, 1.54) is 12.8 Å². The summed E-state index contributed by atoms with van der Waals surface area (Å²) in [5.41, 5.74) is 9.46. The summed E-state index contributed by atoms with van der Waals surface area (Å²) in [4.78, 5) is 15.1. The highest BCUT2D eigenvalue weighted by molar-refractivity contribution is 6.03. The summed E-state index contributed by atoms with van der Waals surface area (Å²) in [6.07, 6.45) is 14.0. The fraction of sp³-hybridized carbons (Fsp3) is 0.522. The van der Waals surface area contributed by atoms with Crippen LogP contribution in [-0.2, 0) is 17.4 Å². The predicted molar refractivity (Wildman–Crippen MR) is 128 cm³/mol. The molecule has 3 aromatic rings. The Hall–Kier alpha value is -2.95. The molecule has 1 aliphatic carbocycles. The third-order valence-corrected chi connectivity index (χ3v) is 7.25. The number of aromatic nitrogens is 5. The Kier molecular flexibility index (Phi) is 5.08.